The molecule has 16 heavy (non-hydrogen) atoms. The van der Waals surface area contributed by atoms with Crippen LogP contribution in [0.15, 0.2) is 23.7 Å². The van der Waals surface area contributed by atoms with E-state index in [1.165, 1.54) is 42.6 Å². The average molecular weight is 232 g/mol. The van der Waals surface area contributed by atoms with Crippen LogP contribution in [0.1, 0.15) is 18.4 Å². The maximum Gasteiger partial charge on any atom is 0.0814 e. The number of rotatable bonds is 2. The van der Waals surface area contributed by atoms with Gasteiger partial charge in [-0.1, -0.05) is 12.1 Å². The summed E-state index contributed by atoms with van der Waals surface area (Å²) in [6, 6.07) is 6.50. The molecule has 2 heterocycles. The molecule has 0 aliphatic carbocycles. The van der Waals surface area contributed by atoms with Crippen LogP contribution in [0.3, 0.4) is 0 Å². The van der Waals surface area contributed by atoms with E-state index in [4.69, 9.17) is 0 Å². The molecule has 1 aliphatic heterocycles. The molecule has 1 atom stereocenters. The summed E-state index contributed by atoms with van der Waals surface area (Å²) < 4.78 is 1.38. The number of benzene rings is 1. The number of hydrogen-bond donors (Lipinski definition) is 1. The van der Waals surface area contributed by atoms with Gasteiger partial charge in [-0.25, -0.2) is 4.98 Å². The van der Waals surface area contributed by atoms with Crippen LogP contribution in [-0.4, -0.2) is 18.1 Å². The third kappa shape index (κ3) is 1.97. The maximum atomic E-state index is 4.38. The van der Waals surface area contributed by atoms with Crippen LogP contribution in [0, 0.1) is 5.92 Å². The lowest BCUT2D eigenvalue weighted by Gasteiger charge is -2.22. The normalized spacial score (nSPS) is 21.4. The van der Waals surface area contributed by atoms with Crippen LogP contribution < -0.4 is 5.32 Å². The van der Waals surface area contributed by atoms with Gasteiger partial charge >= 0.3 is 0 Å². The lowest BCUT2D eigenvalue weighted by molar-refractivity contribution is 0.377. The van der Waals surface area contributed by atoms with Crippen molar-refractivity contribution in [3.05, 3.63) is 29.3 Å². The largest absolute Gasteiger partial charge is 0.316 e. The van der Waals surface area contributed by atoms with E-state index in [0.717, 1.165) is 11.4 Å². The summed E-state index contributed by atoms with van der Waals surface area (Å²) in [5, 5.41) is 3.48. The maximum absolute atomic E-state index is 4.38. The summed E-state index contributed by atoms with van der Waals surface area (Å²) in [6.45, 7) is 2.37. The van der Waals surface area contributed by atoms with Crippen molar-refractivity contribution in [2.75, 3.05) is 13.1 Å². The van der Waals surface area contributed by atoms with Crippen molar-refractivity contribution in [2.45, 2.75) is 19.3 Å². The first-order valence-electron chi connectivity index (χ1n) is 5.95. The Morgan fingerprint density at radius 1 is 1.44 bits per heavy atom. The summed E-state index contributed by atoms with van der Waals surface area (Å²) >= 11 is 1.77. The number of piperidine rings is 1. The van der Waals surface area contributed by atoms with Gasteiger partial charge in [0.25, 0.3) is 0 Å². The molecule has 1 aromatic carbocycles. The van der Waals surface area contributed by atoms with Gasteiger partial charge in [-0.2, -0.15) is 0 Å². The van der Waals surface area contributed by atoms with Crippen molar-refractivity contribution >= 4 is 21.6 Å². The molecular weight excluding hydrogens is 216 g/mol. The Morgan fingerprint density at radius 2 is 2.44 bits per heavy atom. The van der Waals surface area contributed by atoms with E-state index in [-0.39, 0.29) is 0 Å². The zero-order valence-corrected chi connectivity index (χ0v) is 10.1. The average Bonchev–Trinajstić information content (AvgIpc) is 2.80. The number of aromatic nitrogens is 1. The number of nitrogens with zero attached hydrogens (tertiary/aromatic N) is 1. The molecule has 0 bridgehead atoms. The summed E-state index contributed by atoms with van der Waals surface area (Å²) in [7, 11) is 0. The Labute approximate surface area is 99.7 Å². The zero-order chi connectivity index (χ0) is 10.8. The van der Waals surface area contributed by atoms with E-state index in [2.05, 4.69) is 28.5 Å². The first-order valence-corrected chi connectivity index (χ1v) is 6.83. The fourth-order valence-electron chi connectivity index (χ4n) is 2.51. The fourth-order valence-corrected chi connectivity index (χ4v) is 3.33. The fraction of sp³-hybridized carbons (Fsp3) is 0.462. The highest BCUT2D eigenvalue weighted by molar-refractivity contribution is 7.16. The number of hydrogen-bond acceptors (Lipinski definition) is 3. The van der Waals surface area contributed by atoms with Gasteiger partial charge in [0.1, 0.15) is 0 Å². The number of nitrogens with one attached hydrogen (secondary N) is 1. The highest BCUT2D eigenvalue weighted by atomic mass is 32.1. The van der Waals surface area contributed by atoms with Crippen molar-refractivity contribution in [2.24, 2.45) is 5.92 Å². The van der Waals surface area contributed by atoms with E-state index >= 15 is 0 Å². The molecule has 1 aliphatic rings. The van der Waals surface area contributed by atoms with Gasteiger partial charge in [0.2, 0.25) is 0 Å². The van der Waals surface area contributed by atoms with Crippen molar-refractivity contribution in [3.63, 3.8) is 0 Å². The molecule has 0 amide bonds. The Morgan fingerprint density at radius 3 is 3.31 bits per heavy atom. The predicted molar refractivity (Wildman–Crippen MR) is 68.9 cm³/mol. The van der Waals surface area contributed by atoms with E-state index in [1.807, 2.05) is 5.51 Å². The lowest BCUT2D eigenvalue weighted by Crippen LogP contribution is -2.30. The molecule has 0 radical (unpaired) electrons. The molecule has 2 aromatic rings. The van der Waals surface area contributed by atoms with Gasteiger partial charge in [0, 0.05) is 0 Å². The molecule has 1 unspecified atom stereocenters. The van der Waals surface area contributed by atoms with Crippen LogP contribution in [0.5, 0.6) is 0 Å². The molecule has 1 N–H and O–H groups in total. The Kier molecular flexibility index (Phi) is 2.89. The molecule has 1 fully saturated rings. The Balaban J connectivity index is 1.85. The minimum Gasteiger partial charge on any atom is -0.316 e. The molecule has 3 rings (SSSR count). The minimum atomic E-state index is 0.807. The molecule has 3 heteroatoms. The van der Waals surface area contributed by atoms with E-state index < -0.39 is 0 Å². The molecular formula is C13H16N2S. The highest BCUT2D eigenvalue weighted by Gasteiger charge is 2.15. The lowest BCUT2D eigenvalue weighted by atomic mass is 9.92. The van der Waals surface area contributed by atoms with Crippen LogP contribution >= 0.6 is 11.3 Å². The van der Waals surface area contributed by atoms with Gasteiger partial charge in [-0.3, -0.25) is 0 Å². The molecule has 2 nitrogen and oxygen atoms in total. The van der Waals surface area contributed by atoms with E-state index in [1.54, 1.807) is 11.3 Å². The summed E-state index contributed by atoms with van der Waals surface area (Å²) in [6.07, 6.45) is 3.89. The highest BCUT2D eigenvalue weighted by Crippen LogP contribution is 2.26. The SMILES string of the molecule is c1cc(CC2CCCNC2)c2scnc2c1. The topological polar surface area (TPSA) is 24.9 Å². The van der Waals surface area contributed by atoms with Gasteiger partial charge in [0.15, 0.2) is 0 Å². The van der Waals surface area contributed by atoms with Crippen LogP contribution in [0.4, 0.5) is 0 Å². The van der Waals surface area contributed by atoms with E-state index in [0.29, 0.717) is 0 Å². The van der Waals surface area contributed by atoms with Gasteiger partial charge in [-0.15, -0.1) is 11.3 Å². The van der Waals surface area contributed by atoms with Crippen LogP contribution in [-0.2, 0) is 6.42 Å². The molecule has 0 spiro atoms. The first-order chi connectivity index (χ1) is 7.93. The Bertz CT molecular complexity index is 471. The van der Waals surface area contributed by atoms with Gasteiger partial charge in [-0.05, 0) is 49.9 Å². The summed E-state index contributed by atoms with van der Waals surface area (Å²) in [4.78, 5) is 4.38. The zero-order valence-electron chi connectivity index (χ0n) is 9.28. The first kappa shape index (κ1) is 10.2. The van der Waals surface area contributed by atoms with Crippen molar-refractivity contribution in [3.8, 4) is 0 Å². The predicted octanol–water partition coefficient (Wildman–Crippen LogP) is 2.84. The van der Waals surface area contributed by atoms with Crippen molar-refractivity contribution in [1.82, 2.24) is 10.3 Å². The second kappa shape index (κ2) is 4.52. The molecule has 1 aromatic heterocycles. The molecule has 1 saturated heterocycles. The standard InChI is InChI=1S/C13H16N2S/c1-4-11(7-10-3-2-6-14-8-10)13-12(5-1)15-9-16-13/h1,4-5,9-10,14H,2-3,6-8H2. The number of fused-ring (bicyclic) bond motifs is 1. The van der Waals surface area contributed by atoms with Crippen molar-refractivity contribution < 1.29 is 0 Å². The molecule has 84 valence electrons. The quantitative estimate of drug-likeness (QED) is 0.861. The smallest absolute Gasteiger partial charge is 0.0814 e. The summed E-state index contributed by atoms with van der Waals surface area (Å²) in [5.41, 5.74) is 4.59. The van der Waals surface area contributed by atoms with Gasteiger partial charge in [0.05, 0.1) is 15.7 Å². The second-order valence-corrected chi connectivity index (χ2v) is 5.39. The third-order valence-corrected chi connectivity index (χ3v) is 4.26. The Hall–Kier alpha value is -0.930. The summed E-state index contributed by atoms with van der Waals surface area (Å²) in [5.74, 6) is 0.807. The third-order valence-electron chi connectivity index (χ3n) is 3.35. The molecule has 0 saturated carbocycles. The second-order valence-electron chi connectivity index (χ2n) is 4.53. The minimum absolute atomic E-state index is 0.807. The monoisotopic (exact) mass is 232 g/mol. The van der Waals surface area contributed by atoms with Crippen LogP contribution in [0.25, 0.3) is 10.2 Å². The van der Waals surface area contributed by atoms with E-state index in [9.17, 15) is 0 Å². The van der Waals surface area contributed by atoms with Crippen molar-refractivity contribution in [1.29, 1.82) is 0 Å². The number of thiazole rings is 1. The van der Waals surface area contributed by atoms with Gasteiger partial charge < -0.3 is 5.32 Å². The van der Waals surface area contributed by atoms with Crippen LogP contribution in [0.2, 0.25) is 0 Å².